The van der Waals surface area contributed by atoms with Crippen LogP contribution in [0.4, 0.5) is 0 Å². The van der Waals surface area contributed by atoms with Crippen LogP contribution in [0.1, 0.15) is 65.2 Å². The first-order valence-electron chi connectivity index (χ1n) is 7.62. The van der Waals surface area contributed by atoms with Gasteiger partial charge in [-0.3, -0.25) is 9.59 Å². The van der Waals surface area contributed by atoms with Gasteiger partial charge in [0.2, 0.25) is 11.8 Å². The topological polar surface area (TPSA) is 58.2 Å². The molecule has 0 saturated heterocycles. The highest BCUT2D eigenvalue weighted by Gasteiger charge is 2.39. The molecular weight excluding hydrogens is 240 g/mol. The molecular formula is C15H26N2O2. The largest absolute Gasteiger partial charge is 0.352 e. The van der Waals surface area contributed by atoms with Crippen LogP contribution >= 0.6 is 0 Å². The van der Waals surface area contributed by atoms with E-state index >= 15 is 0 Å². The fourth-order valence-electron chi connectivity index (χ4n) is 2.49. The van der Waals surface area contributed by atoms with Gasteiger partial charge in [0.05, 0.1) is 0 Å². The van der Waals surface area contributed by atoms with Crippen molar-refractivity contribution in [3.05, 3.63) is 0 Å². The fraction of sp³-hybridized carbons (Fsp3) is 0.867. The van der Waals surface area contributed by atoms with Crippen LogP contribution < -0.4 is 10.6 Å². The molecule has 0 aromatic heterocycles. The Balaban J connectivity index is 1.86. The van der Waals surface area contributed by atoms with Gasteiger partial charge in [-0.1, -0.05) is 25.7 Å². The molecule has 0 unspecified atom stereocenters. The standard InChI is InChI=1S/C15H26N2O2/c1-15(2,14(19)17-12-9-10-12)13(18)16-11-7-5-3-4-6-8-11/h11-12H,3-10H2,1-2H3,(H,16,18)(H,17,19). The number of nitrogens with one attached hydrogen (secondary N) is 2. The number of hydrogen-bond acceptors (Lipinski definition) is 2. The van der Waals surface area contributed by atoms with E-state index < -0.39 is 5.41 Å². The van der Waals surface area contributed by atoms with Crippen LogP contribution in [-0.2, 0) is 9.59 Å². The van der Waals surface area contributed by atoms with Crippen molar-refractivity contribution in [1.82, 2.24) is 10.6 Å². The molecule has 4 heteroatoms. The Morgan fingerprint density at radius 3 is 1.63 bits per heavy atom. The maximum atomic E-state index is 12.3. The quantitative estimate of drug-likeness (QED) is 0.605. The molecule has 2 aliphatic rings. The smallest absolute Gasteiger partial charge is 0.235 e. The van der Waals surface area contributed by atoms with Crippen LogP contribution in [0, 0.1) is 5.41 Å². The highest BCUT2D eigenvalue weighted by molar-refractivity contribution is 6.04. The predicted octanol–water partition coefficient (Wildman–Crippen LogP) is 2.13. The molecule has 2 aliphatic carbocycles. The van der Waals surface area contributed by atoms with Crippen molar-refractivity contribution in [3.8, 4) is 0 Å². The van der Waals surface area contributed by atoms with E-state index in [1.165, 1.54) is 25.7 Å². The van der Waals surface area contributed by atoms with Gasteiger partial charge in [0.1, 0.15) is 5.41 Å². The van der Waals surface area contributed by atoms with Gasteiger partial charge >= 0.3 is 0 Å². The summed E-state index contributed by atoms with van der Waals surface area (Å²) in [6.07, 6.45) is 9.07. The summed E-state index contributed by atoms with van der Waals surface area (Å²) in [7, 11) is 0. The van der Waals surface area contributed by atoms with E-state index in [0.29, 0.717) is 6.04 Å². The van der Waals surface area contributed by atoms with Crippen molar-refractivity contribution >= 4 is 11.8 Å². The van der Waals surface area contributed by atoms with Gasteiger partial charge in [-0.05, 0) is 39.5 Å². The summed E-state index contributed by atoms with van der Waals surface area (Å²) in [6.45, 7) is 3.44. The molecule has 2 amide bonds. The number of carbonyl (C=O) groups is 2. The molecule has 2 saturated carbocycles. The van der Waals surface area contributed by atoms with Crippen LogP contribution in [0.5, 0.6) is 0 Å². The molecule has 0 aromatic carbocycles. The number of carbonyl (C=O) groups excluding carboxylic acids is 2. The highest BCUT2D eigenvalue weighted by Crippen LogP contribution is 2.24. The molecule has 0 aromatic rings. The molecule has 2 fully saturated rings. The van der Waals surface area contributed by atoms with Gasteiger partial charge in [0.15, 0.2) is 0 Å². The molecule has 0 radical (unpaired) electrons. The minimum atomic E-state index is -0.963. The lowest BCUT2D eigenvalue weighted by molar-refractivity contribution is -0.141. The maximum Gasteiger partial charge on any atom is 0.235 e. The molecule has 4 nitrogen and oxygen atoms in total. The van der Waals surface area contributed by atoms with Crippen molar-refractivity contribution in [2.24, 2.45) is 5.41 Å². The van der Waals surface area contributed by atoms with Crippen molar-refractivity contribution in [3.63, 3.8) is 0 Å². The Kier molecular flexibility index (Phi) is 4.48. The molecule has 108 valence electrons. The number of rotatable bonds is 4. The first-order valence-corrected chi connectivity index (χ1v) is 7.62. The lowest BCUT2D eigenvalue weighted by Gasteiger charge is -2.26. The zero-order chi connectivity index (χ0) is 13.9. The first kappa shape index (κ1) is 14.4. The Labute approximate surface area is 115 Å². The third-order valence-electron chi connectivity index (χ3n) is 4.24. The minimum absolute atomic E-state index is 0.127. The van der Waals surface area contributed by atoms with E-state index in [-0.39, 0.29) is 17.9 Å². The summed E-state index contributed by atoms with van der Waals surface area (Å²) < 4.78 is 0. The first-order chi connectivity index (χ1) is 9.00. The summed E-state index contributed by atoms with van der Waals surface area (Å²) in [6, 6.07) is 0.556. The van der Waals surface area contributed by atoms with Gasteiger partial charge in [0.25, 0.3) is 0 Å². The van der Waals surface area contributed by atoms with Crippen LogP contribution in [-0.4, -0.2) is 23.9 Å². The Morgan fingerprint density at radius 2 is 1.21 bits per heavy atom. The second-order valence-electron chi connectivity index (χ2n) is 6.53. The predicted molar refractivity (Wildman–Crippen MR) is 74.6 cm³/mol. The van der Waals surface area contributed by atoms with Crippen molar-refractivity contribution in [1.29, 1.82) is 0 Å². The molecule has 19 heavy (non-hydrogen) atoms. The average molecular weight is 266 g/mol. The maximum absolute atomic E-state index is 12.3. The van der Waals surface area contributed by atoms with E-state index in [1.807, 2.05) is 0 Å². The van der Waals surface area contributed by atoms with Crippen LogP contribution in [0.3, 0.4) is 0 Å². The molecule has 2 rings (SSSR count). The number of amides is 2. The second-order valence-corrected chi connectivity index (χ2v) is 6.53. The Morgan fingerprint density at radius 1 is 0.789 bits per heavy atom. The molecule has 2 N–H and O–H groups in total. The van der Waals surface area contributed by atoms with Gasteiger partial charge < -0.3 is 10.6 Å². The van der Waals surface area contributed by atoms with Crippen molar-refractivity contribution in [2.45, 2.75) is 77.3 Å². The molecule has 0 heterocycles. The van der Waals surface area contributed by atoms with Crippen molar-refractivity contribution in [2.75, 3.05) is 0 Å². The zero-order valence-electron chi connectivity index (χ0n) is 12.1. The number of hydrogen-bond donors (Lipinski definition) is 2. The molecule has 0 bridgehead atoms. The monoisotopic (exact) mass is 266 g/mol. The molecule has 0 spiro atoms. The third-order valence-corrected chi connectivity index (χ3v) is 4.24. The summed E-state index contributed by atoms with van der Waals surface area (Å²) in [5, 5.41) is 6.00. The SMILES string of the molecule is CC(C)(C(=O)NC1CCCCCC1)C(=O)NC1CC1. The minimum Gasteiger partial charge on any atom is -0.352 e. The molecule has 0 aliphatic heterocycles. The lowest BCUT2D eigenvalue weighted by atomic mass is 9.90. The lowest BCUT2D eigenvalue weighted by Crippen LogP contribution is -2.50. The van der Waals surface area contributed by atoms with Crippen LogP contribution in [0.2, 0.25) is 0 Å². The van der Waals surface area contributed by atoms with E-state index in [9.17, 15) is 9.59 Å². The summed E-state index contributed by atoms with van der Waals surface area (Å²) in [4.78, 5) is 24.4. The Bertz CT molecular complexity index is 340. The van der Waals surface area contributed by atoms with E-state index in [2.05, 4.69) is 10.6 Å². The third kappa shape index (κ3) is 3.95. The van der Waals surface area contributed by atoms with Crippen LogP contribution in [0.25, 0.3) is 0 Å². The molecule has 0 atom stereocenters. The Hall–Kier alpha value is -1.06. The zero-order valence-corrected chi connectivity index (χ0v) is 12.1. The van der Waals surface area contributed by atoms with Gasteiger partial charge in [-0.15, -0.1) is 0 Å². The van der Waals surface area contributed by atoms with E-state index in [1.54, 1.807) is 13.8 Å². The summed E-state index contributed by atoms with van der Waals surface area (Å²) in [5.74, 6) is -0.265. The van der Waals surface area contributed by atoms with E-state index in [0.717, 1.165) is 25.7 Å². The van der Waals surface area contributed by atoms with Gasteiger partial charge in [-0.25, -0.2) is 0 Å². The van der Waals surface area contributed by atoms with E-state index in [4.69, 9.17) is 0 Å². The highest BCUT2D eigenvalue weighted by atomic mass is 16.2. The summed E-state index contributed by atoms with van der Waals surface area (Å²) in [5.41, 5.74) is -0.963. The normalized spacial score (nSPS) is 21.6. The van der Waals surface area contributed by atoms with Gasteiger partial charge in [0, 0.05) is 12.1 Å². The van der Waals surface area contributed by atoms with Crippen LogP contribution in [0.15, 0.2) is 0 Å². The fourth-order valence-corrected chi connectivity index (χ4v) is 2.49. The van der Waals surface area contributed by atoms with Gasteiger partial charge in [-0.2, -0.15) is 0 Å². The average Bonchev–Trinajstić information content (AvgIpc) is 3.16. The second kappa shape index (κ2) is 5.93. The van der Waals surface area contributed by atoms with Crippen molar-refractivity contribution < 1.29 is 9.59 Å². The summed E-state index contributed by atoms with van der Waals surface area (Å²) >= 11 is 0.